The summed E-state index contributed by atoms with van der Waals surface area (Å²) >= 11 is 0.185. The van der Waals surface area contributed by atoms with Gasteiger partial charge < -0.3 is 0 Å². The predicted molar refractivity (Wildman–Crippen MR) is 144 cm³/mol. The standard InChI is InChI=1S/C30H14BNO2Se/c1-2-9-19-15(6-1)16-7-3-8-17-18-14-24-27-30(29(18)32(19)28(16)17)34-21-11-4-10-20-25(21)31(27)26-22(33-20)12-5-13-23(26)35-24/h1-14H. The Hall–Kier alpha value is -3.92. The number of benzene rings is 5. The fraction of sp³-hybridized carbons (Fsp3) is 0. The SMILES string of the molecule is c1cc2c3c(c1)Oc1c4c(cc5c6cccc7c8ccccc8n(c15)c76)[Se]c1cccc(c1B34)O2. The first kappa shape index (κ1) is 17.5. The van der Waals surface area contributed by atoms with Gasteiger partial charge in [-0.15, -0.1) is 0 Å². The molecule has 35 heavy (non-hydrogen) atoms. The van der Waals surface area contributed by atoms with Gasteiger partial charge in [-0.1, -0.05) is 0 Å². The summed E-state index contributed by atoms with van der Waals surface area (Å²) in [4.78, 5) is 0. The van der Waals surface area contributed by atoms with Crippen molar-refractivity contribution in [2.75, 3.05) is 0 Å². The maximum atomic E-state index is 6.88. The minimum atomic E-state index is 0.154. The van der Waals surface area contributed by atoms with Crippen molar-refractivity contribution < 1.29 is 9.47 Å². The molecule has 0 unspecified atom stereocenters. The van der Waals surface area contributed by atoms with E-state index in [-0.39, 0.29) is 21.7 Å². The Bertz CT molecular complexity index is 2090. The van der Waals surface area contributed by atoms with Crippen molar-refractivity contribution in [3.05, 3.63) is 84.9 Å². The molecule has 2 aromatic heterocycles. The zero-order valence-electron chi connectivity index (χ0n) is 18.3. The monoisotopic (exact) mass is 511 g/mol. The number of hydrogen-bond acceptors (Lipinski definition) is 2. The number of hydrogen-bond donors (Lipinski definition) is 0. The Morgan fingerprint density at radius 2 is 1.29 bits per heavy atom. The number of fused-ring (bicyclic) bond motifs is 7. The molecule has 10 rings (SSSR count). The van der Waals surface area contributed by atoms with E-state index in [2.05, 4.69) is 83.3 Å². The topological polar surface area (TPSA) is 22.9 Å². The van der Waals surface area contributed by atoms with Crippen LogP contribution in [0.25, 0.3) is 38.1 Å². The van der Waals surface area contributed by atoms with Crippen LogP contribution >= 0.6 is 0 Å². The van der Waals surface area contributed by atoms with E-state index in [1.807, 2.05) is 6.07 Å². The maximum absolute atomic E-state index is 6.88. The molecule has 0 atom stereocenters. The summed E-state index contributed by atoms with van der Waals surface area (Å²) in [6.45, 7) is 0.154. The summed E-state index contributed by atoms with van der Waals surface area (Å²) in [6.07, 6.45) is 0. The molecule has 5 heterocycles. The Labute approximate surface area is 206 Å². The molecule has 5 heteroatoms. The van der Waals surface area contributed by atoms with Gasteiger partial charge in [-0.2, -0.15) is 0 Å². The van der Waals surface area contributed by atoms with Crippen molar-refractivity contribution >= 4 is 85.1 Å². The predicted octanol–water partition coefficient (Wildman–Crippen LogP) is 3.53. The van der Waals surface area contributed by atoms with Gasteiger partial charge in [0.2, 0.25) is 0 Å². The molecule has 3 nitrogen and oxygen atoms in total. The van der Waals surface area contributed by atoms with Crippen LogP contribution in [0.1, 0.15) is 0 Å². The molecule has 0 radical (unpaired) electrons. The van der Waals surface area contributed by atoms with Gasteiger partial charge in [0.1, 0.15) is 0 Å². The van der Waals surface area contributed by atoms with Crippen molar-refractivity contribution in [1.29, 1.82) is 0 Å². The van der Waals surface area contributed by atoms with E-state index in [1.54, 1.807) is 0 Å². The second kappa shape index (κ2) is 5.65. The molecular formula is C30H14BNO2Se. The van der Waals surface area contributed by atoms with Crippen LogP contribution in [0.2, 0.25) is 0 Å². The third-order valence-corrected chi connectivity index (χ3v) is 10.4. The molecule has 0 bridgehead atoms. The van der Waals surface area contributed by atoms with Gasteiger partial charge in [0.15, 0.2) is 0 Å². The number of rotatable bonds is 0. The zero-order valence-corrected chi connectivity index (χ0v) is 20.0. The second-order valence-electron chi connectivity index (χ2n) is 9.64. The molecule has 160 valence electrons. The Kier molecular flexibility index (Phi) is 2.83. The van der Waals surface area contributed by atoms with Gasteiger partial charge in [0, 0.05) is 0 Å². The van der Waals surface area contributed by atoms with E-state index in [9.17, 15) is 0 Å². The van der Waals surface area contributed by atoms with Gasteiger partial charge in [-0.25, -0.2) is 0 Å². The number of para-hydroxylation sites is 2. The fourth-order valence-corrected chi connectivity index (χ4v) is 9.29. The van der Waals surface area contributed by atoms with Crippen LogP contribution in [0.15, 0.2) is 84.9 Å². The van der Waals surface area contributed by atoms with Crippen LogP contribution < -0.4 is 34.8 Å². The van der Waals surface area contributed by atoms with Crippen molar-refractivity contribution in [3.63, 3.8) is 0 Å². The quantitative estimate of drug-likeness (QED) is 0.292. The molecular weight excluding hydrogens is 496 g/mol. The number of ether oxygens (including phenoxy) is 2. The van der Waals surface area contributed by atoms with Crippen molar-refractivity contribution in [2.24, 2.45) is 0 Å². The zero-order chi connectivity index (χ0) is 22.4. The van der Waals surface area contributed by atoms with Gasteiger partial charge in [-0.3, -0.25) is 0 Å². The van der Waals surface area contributed by atoms with Gasteiger partial charge >= 0.3 is 207 Å². The van der Waals surface area contributed by atoms with E-state index in [1.165, 1.54) is 63.4 Å². The van der Waals surface area contributed by atoms with Crippen molar-refractivity contribution in [1.82, 2.24) is 4.40 Å². The first-order valence-corrected chi connectivity index (χ1v) is 13.6. The van der Waals surface area contributed by atoms with Crippen molar-refractivity contribution in [2.45, 2.75) is 0 Å². The van der Waals surface area contributed by atoms with Gasteiger partial charge in [-0.05, 0) is 0 Å². The average Bonchev–Trinajstić information content (AvgIpc) is 3.41. The molecule has 0 fully saturated rings. The van der Waals surface area contributed by atoms with Crippen LogP contribution in [0.3, 0.4) is 0 Å². The first-order valence-electron chi connectivity index (χ1n) is 11.9. The van der Waals surface area contributed by atoms with Crippen LogP contribution in [0.5, 0.6) is 23.0 Å². The normalized spacial score (nSPS) is 14.6. The Morgan fingerprint density at radius 3 is 2.20 bits per heavy atom. The van der Waals surface area contributed by atoms with E-state index in [0.717, 1.165) is 23.0 Å². The molecule has 0 saturated carbocycles. The summed E-state index contributed by atoms with van der Waals surface area (Å²) in [5, 5.41) is 5.19. The minimum absolute atomic E-state index is 0.154. The average molecular weight is 510 g/mol. The van der Waals surface area contributed by atoms with Crippen LogP contribution in [-0.4, -0.2) is 26.1 Å². The molecule has 0 spiro atoms. The number of aromatic nitrogens is 1. The van der Waals surface area contributed by atoms with Crippen LogP contribution in [-0.2, 0) is 0 Å². The number of nitrogens with zero attached hydrogens (tertiary/aromatic N) is 1. The van der Waals surface area contributed by atoms with E-state index in [0.29, 0.717) is 0 Å². The third kappa shape index (κ3) is 1.86. The molecule has 3 aliphatic heterocycles. The fourth-order valence-electron chi connectivity index (χ4n) is 6.75. The van der Waals surface area contributed by atoms with E-state index >= 15 is 0 Å². The first-order chi connectivity index (χ1) is 17.4. The molecule has 0 N–H and O–H groups in total. The molecule has 0 saturated heterocycles. The summed E-state index contributed by atoms with van der Waals surface area (Å²) in [5.74, 6) is 3.85. The second-order valence-corrected chi connectivity index (χ2v) is 11.9. The third-order valence-electron chi connectivity index (χ3n) is 8.03. The Morgan fingerprint density at radius 1 is 0.571 bits per heavy atom. The molecule has 0 amide bonds. The molecule has 0 aliphatic carbocycles. The summed E-state index contributed by atoms with van der Waals surface area (Å²) < 4.78 is 18.6. The van der Waals surface area contributed by atoms with E-state index < -0.39 is 0 Å². The van der Waals surface area contributed by atoms with Crippen LogP contribution in [0.4, 0.5) is 0 Å². The van der Waals surface area contributed by atoms with Crippen molar-refractivity contribution in [3.8, 4) is 23.0 Å². The Balaban J connectivity index is 1.47. The van der Waals surface area contributed by atoms with Gasteiger partial charge in [0.25, 0.3) is 0 Å². The van der Waals surface area contributed by atoms with E-state index in [4.69, 9.17) is 9.47 Å². The molecule has 5 aromatic carbocycles. The van der Waals surface area contributed by atoms with Crippen LogP contribution in [0, 0.1) is 0 Å². The summed E-state index contributed by atoms with van der Waals surface area (Å²) in [5.41, 5.74) is 7.57. The molecule has 3 aliphatic rings. The summed E-state index contributed by atoms with van der Waals surface area (Å²) in [6, 6.07) is 30.7. The van der Waals surface area contributed by atoms with Gasteiger partial charge in [0.05, 0.1) is 0 Å². The summed E-state index contributed by atoms with van der Waals surface area (Å²) in [7, 11) is 0. The molecule has 7 aromatic rings.